The van der Waals surface area contributed by atoms with E-state index in [1.54, 1.807) is 0 Å². The van der Waals surface area contributed by atoms with Crippen LogP contribution >= 0.6 is 0 Å². The third kappa shape index (κ3) is 2.28. The molecule has 1 heterocycles. The number of nitrogens with zero attached hydrogens (tertiary/aromatic N) is 1. The molecule has 98 valence electrons. The Kier molecular flexibility index (Phi) is 3.45. The lowest BCUT2D eigenvalue weighted by Crippen LogP contribution is -2.48. The summed E-state index contributed by atoms with van der Waals surface area (Å²) in [5.41, 5.74) is 2.00. The largest absolute Gasteiger partial charge is 0.487 e. The highest BCUT2D eigenvalue weighted by molar-refractivity contribution is 5.79. The Morgan fingerprint density at radius 1 is 1.61 bits per heavy atom. The number of anilines is 1. The molecule has 1 aromatic rings. The fourth-order valence-corrected chi connectivity index (χ4v) is 2.41. The van der Waals surface area contributed by atoms with Crippen LogP contribution in [0.3, 0.4) is 0 Å². The quantitative estimate of drug-likeness (QED) is 0.894. The van der Waals surface area contributed by atoms with Crippen LogP contribution in [0.1, 0.15) is 25.8 Å². The van der Waals surface area contributed by atoms with Crippen molar-refractivity contribution in [2.75, 3.05) is 11.4 Å². The van der Waals surface area contributed by atoms with Crippen molar-refractivity contribution in [1.82, 2.24) is 0 Å². The molecule has 18 heavy (non-hydrogen) atoms. The van der Waals surface area contributed by atoms with E-state index in [0.717, 1.165) is 17.0 Å². The second-order valence-electron chi connectivity index (χ2n) is 4.81. The summed E-state index contributed by atoms with van der Waals surface area (Å²) in [5.74, 6) is 0.00609. The Labute approximate surface area is 107 Å². The van der Waals surface area contributed by atoms with Crippen molar-refractivity contribution >= 4 is 11.7 Å². The highest BCUT2D eigenvalue weighted by Gasteiger charge is 2.31. The van der Waals surface area contributed by atoms with Crippen LogP contribution in [-0.2, 0) is 4.79 Å². The smallest absolute Gasteiger partial charge is 0.326 e. The van der Waals surface area contributed by atoms with E-state index in [2.05, 4.69) is 0 Å². The van der Waals surface area contributed by atoms with Crippen molar-refractivity contribution in [3.05, 3.63) is 23.8 Å². The summed E-state index contributed by atoms with van der Waals surface area (Å²) in [4.78, 5) is 13.3. The SMILES string of the molecule is CCC(C(=O)O)N1CC(C)Oc2cc(C)ccc21. The summed E-state index contributed by atoms with van der Waals surface area (Å²) in [6.45, 7) is 6.47. The molecule has 0 bridgehead atoms. The molecule has 0 spiro atoms. The lowest BCUT2D eigenvalue weighted by Gasteiger charge is -2.38. The van der Waals surface area contributed by atoms with Crippen LogP contribution < -0.4 is 9.64 Å². The Balaban J connectivity index is 2.41. The zero-order valence-corrected chi connectivity index (χ0v) is 11.0. The number of rotatable bonds is 3. The average Bonchev–Trinajstić information content (AvgIpc) is 2.28. The number of aryl methyl sites for hydroxylation is 1. The van der Waals surface area contributed by atoms with Gasteiger partial charge in [0, 0.05) is 0 Å². The zero-order chi connectivity index (χ0) is 13.3. The second kappa shape index (κ2) is 4.88. The molecule has 0 saturated carbocycles. The van der Waals surface area contributed by atoms with Gasteiger partial charge in [-0.25, -0.2) is 4.79 Å². The first-order chi connectivity index (χ1) is 8.52. The third-order valence-electron chi connectivity index (χ3n) is 3.25. The molecule has 1 aliphatic heterocycles. The highest BCUT2D eigenvalue weighted by Crippen LogP contribution is 2.35. The second-order valence-corrected chi connectivity index (χ2v) is 4.81. The molecular formula is C14H19NO3. The van der Waals surface area contributed by atoms with Gasteiger partial charge in [0.2, 0.25) is 0 Å². The lowest BCUT2D eigenvalue weighted by molar-refractivity contribution is -0.138. The number of carboxylic acids is 1. The highest BCUT2D eigenvalue weighted by atomic mass is 16.5. The summed E-state index contributed by atoms with van der Waals surface area (Å²) >= 11 is 0. The maximum absolute atomic E-state index is 11.3. The molecule has 2 rings (SSSR count). The summed E-state index contributed by atoms with van der Waals surface area (Å²) in [6.07, 6.45) is 0.586. The van der Waals surface area contributed by atoms with Gasteiger partial charge in [0.05, 0.1) is 12.2 Å². The summed E-state index contributed by atoms with van der Waals surface area (Å²) < 4.78 is 5.78. The molecule has 0 aliphatic carbocycles. The molecule has 0 saturated heterocycles. The van der Waals surface area contributed by atoms with Gasteiger partial charge < -0.3 is 14.7 Å². The number of fused-ring (bicyclic) bond motifs is 1. The number of ether oxygens (including phenoxy) is 1. The molecule has 2 atom stereocenters. The molecule has 1 aliphatic rings. The number of carbonyl (C=O) groups is 1. The minimum Gasteiger partial charge on any atom is -0.487 e. The fraction of sp³-hybridized carbons (Fsp3) is 0.500. The van der Waals surface area contributed by atoms with Gasteiger partial charge >= 0.3 is 5.97 Å². The van der Waals surface area contributed by atoms with Crippen LogP contribution in [0.2, 0.25) is 0 Å². The lowest BCUT2D eigenvalue weighted by atomic mass is 10.1. The van der Waals surface area contributed by atoms with E-state index >= 15 is 0 Å². The summed E-state index contributed by atoms with van der Waals surface area (Å²) in [5, 5.41) is 9.31. The maximum Gasteiger partial charge on any atom is 0.326 e. The molecular weight excluding hydrogens is 230 g/mol. The Bertz CT molecular complexity index is 458. The number of aliphatic carboxylic acids is 1. The van der Waals surface area contributed by atoms with Crippen molar-refractivity contribution in [2.45, 2.75) is 39.3 Å². The van der Waals surface area contributed by atoms with E-state index in [-0.39, 0.29) is 6.10 Å². The van der Waals surface area contributed by atoms with Crippen molar-refractivity contribution in [3.63, 3.8) is 0 Å². The first-order valence-electron chi connectivity index (χ1n) is 6.29. The Morgan fingerprint density at radius 2 is 2.33 bits per heavy atom. The van der Waals surface area contributed by atoms with Crippen LogP contribution in [0.25, 0.3) is 0 Å². The first-order valence-corrected chi connectivity index (χ1v) is 6.29. The minimum atomic E-state index is -0.780. The Hall–Kier alpha value is -1.71. The summed E-state index contributed by atoms with van der Waals surface area (Å²) in [7, 11) is 0. The van der Waals surface area contributed by atoms with Gasteiger partial charge in [-0.1, -0.05) is 13.0 Å². The number of hydrogen-bond donors (Lipinski definition) is 1. The molecule has 0 aromatic heterocycles. The monoisotopic (exact) mass is 249 g/mol. The molecule has 4 nitrogen and oxygen atoms in total. The van der Waals surface area contributed by atoms with Gasteiger partial charge in [0.25, 0.3) is 0 Å². The Morgan fingerprint density at radius 3 is 2.94 bits per heavy atom. The van der Waals surface area contributed by atoms with Crippen LogP contribution in [0.4, 0.5) is 5.69 Å². The van der Waals surface area contributed by atoms with E-state index < -0.39 is 12.0 Å². The normalized spacial score (nSPS) is 19.9. The van der Waals surface area contributed by atoms with Crippen molar-refractivity contribution in [1.29, 1.82) is 0 Å². The minimum absolute atomic E-state index is 0.00713. The van der Waals surface area contributed by atoms with Crippen LogP contribution in [0, 0.1) is 6.92 Å². The molecule has 0 radical (unpaired) electrons. The standard InChI is InChI=1S/C14H19NO3/c1-4-11(14(16)17)15-8-10(3)18-13-7-9(2)5-6-12(13)15/h5-7,10-11H,4,8H2,1-3H3,(H,16,17). The van der Waals surface area contributed by atoms with Gasteiger partial charge in [-0.05, 0) is 38.0 Å². The van der Waals surface area contributed by atoms with Gasteiger partial charge in [0.1, 0.15) is 17.9 Å². The predicted octanol–water partition coefficient (Wildman–Crippen LogP) is 2.45. The van der Waals surface area contributed by atoms with Crippen molar-refractivity contribution in [3.8, 4) is 5.75 Å². The molecule has 1 N–H and O–H groups in total. The van der Waals surface area contributed by atoms with Crippen LogP contribution in [-0.4, -0.2) is 29.8 Å². The van der Waals surface area contributed by atoms with E-state index in [4.69, 9.17) is 4.74 Å². The van der Waals surface area contributed by atoms with Gasteiger partial charge in [-0.2, -0.15) is 0 Å². The van der Waals surface area contributed by atoms with Crippen LogP contribution in [0.5, 0.6) is 5.75 Å². The van der Waals surface area contributed by atoms with Crippen molar-refractivity contribution in [2.24, 2.45) is 0 Å². The summed E-state index contributed by atoms with van der Waals surface area (Å²) in [6, 6.07) is 5.41. The number of benzene rings is 1. The zero-order valence-electron chi connectivity index (χ0n) is 11.0. The van der Waals surface area contributed by atoms with Crippen LogP contribution in [0.15, 0.2) is 18.2 Å². The molecule has 4 heteroatoms. The number of carboxylic acid groups (broad SMARTS) is 1. The van der Waals surface area contributed by atoms with E-state index in [1.165, 1.54) is 0 Å². The molecule has 1 aromatic carbocycles. The fourth-order valence-electron chi connectivity index (χ4n) is 2.41. The third-order valence-corrected chi connectivity index (χ3v) is 3.25. The van der Waals surface area contributed by atoms with E-state index in [1.807, 2.05) is 43.9 Å². The van der Waals surface area contributed by atoms with Gasteiger partial charge in [-0.15, -0.1) is 0 Å². The van der Waals surface area contributed by atoms with Gasteiger partial charge in [-0.3, -0.25) is 0 Å². The molecule has 0 fully saturated rings. The first kappa shape index (κ1) is 12.7. The predicted molar refractivity (Wildman–Crippen MR) is 70.3 cm³/mol. The van der Waals surface area contributed by atoms with E-state index in [9.17, 15) is 9.90 Å². The van der Waals surface area contributed by atoms with Gasteiger partial charge in [0.15, 0.2) is 0 Å². The molecule has 0 amide bonds. The van der Waals surface area contributed by atoms with E-state index in [0.29, 0.717) is 13.0 Å². The topological polar surface area (TPSA) is 49.8 Å². The maximum atomic E-state index is 11.3. The number of hydrogen-bond acceptors (Lipinski definition) is 3. The average molecular weight is 249 g/mol. The van der Waals surface area contributed by atoms with Crippen molar-refractivity contribution < 1.29 is 14.6 Å². The molecule has 2 unspecified atom stereocenters.